The molecule has 2 rings (SSSR count). The molecule has 2 aromatic carbocycles. The minimum Gasteiger partial charge on any atom is -0.497 e. The summed E-state index contributed by atoms with van der Waals surface area (Å²) < 4.78 is 5.17. The number of anilines is 2. The molecular formula is C20H25N3O2S. The van der Waals surface area contributed by atoms with Gasteiger partial charge in [-0.3, -0.25) is 4.79 Å². The number of nitrogens with zero attached hydrogens (tertiary/aromatic N) is 1. The van der Waals surface area contributed by atoms with Crippen LogP contribution < -0.4 is 15.4 Å². The second kappa shape index (κ2) is 9.77. The van der Waals surface area contributed by atoms with E-state index in [0.717, 1.165) is 12.1 Å². The van der Waals surface area contributed by atoms with Gasteiger partial charge in [-0.2, -0.15) is 0 Å². The molecule has 0 atom stereocenters. The van der Waals surface area contributed by atoms with Crippen LogP contribution in [0.1, 0.15) is 19.4 Å². The Hall–Kier alpha value is -2.60. The first-order valence-electron chi connectivity index (χ1n) is 8.64. The summed E-state index contributed by atoms with van der Waals surface area (Å²) in [5, 5.41) is 6.58. The number of likely N-dealkylation sites (N-methyl/N-ethyl adjacent to an activating group) is 1. The quantitative estimate of drug-likeness (QED) is 0.723. The minimum absolute atomic E-state index is 0.134. The van der Waals surface area contributed by atoms with E-state index in [4.69, 9.17) is 17.0 Å². The molecule has 0 heterocycles. The van der Waals surface area contributed by atoms with Crippen LogP contribution in [0, 0.1) is 0 Å². The van der Waals surface area contributed by atoms with Crippen molar-refractivity contribution < 1.29 is 9.53 Å². The number of rotatable bonds is 7. The fourth-order valence-electron chi connectivity index (χ4n) is 2.43. The molecule has 0 spiro atoms. The third-order valence-electron chi connectivity index (χ3n) is 3.97. The van der Waals surface area contributed by atoms with Gasteiger partial charge in [-0.1, -0.05) is 25.1 Å². The maximum atomic E-state index is 12.3. The number of aryl methyl sites for hydroxylation is 1. The standard InChI is InChI=1S/C20H25N3O2S/c1-4-15-9-11-16(12-10-15)22-20(26)23(5-2)14-19(24)21-17-7-6-8-18(13-17)25-3/h6-13H,4-5,14H2,1-3H3,(H,21,24)(H,22,26). The van der Waals surface area contributed by atoms with Crippen molar-refractivity contribution in [1.29, 1.82) is 0 Å². The van der Waals surface area contributed by atoms with Gasteiger partial charge in [0.05, 0.1) is 13.7 Å². The molecular weight excluding hydrogens is 346 g/mol. The van der Waals surface area contributed by atoms with Crippen molar-refractivity contribution in [2.75, 3.05) is 30.8 Å². The summed E-state index contributed by atoms with van der Waals surface area (Å²) in [5.74, 6) is 0.563. The minimum atomic E-state index is -0.134. The predicted molar refractivity (Wildman–Crippen MR) is 111 cm³/mol. The highest BCUT2D eigenvalue weighted by atomic mass is 32.1. The molecule has 6 heteroatoms. The van der Waals surface area contributed by atoms with E-state index in [-0.39, 0.29) is 12.5 Å². The topological polar surface area (TPSA) is 53.6 Å². The van der Waals surface area contributed by atoms with Crippen LogP contribution in [-0.2, 0) is 11.2 Å². The van der Waals surface area contributed by atoms with Gasteiger partial charge in [0.2, 0.25) is 5.91 Å². The van der Waals surface area contributed by atoms with Gasteiger partial charge in [0.15, 0.2) is 5.11 Å². The summed E-state index contributed by atoms with van der Waals surface area (Å²) in [6.07, 6.45) is 0.996. The van der Waals surface area contributed by atoms with Crippen LogP contribution in [-0.4, -0.2) is 36.1 Å². The fraction of sp³-hybridized carbons (Fsp3) is 0.300. The van der Waals surface area contributed by atoms with Crippen LogP contribution in [0.2, 0.25) is 0 Å². The van der Waals surface area contributed by atoms with Crippen molar-refractivity contribution in [2.45, 2.75) is 20.3 Å². The molecule has 0 aliphatic carbocycles. The Balaban J connectivity index is 1.93. The smallest absolute Gasteiger partial charge is 0.243 e. The monoisotopic (exact) mass is 371 g/mol. The molecule has 5 nitrogen and oxygen atoms in total. The van der Waals surface area contributed by atoms with Gasteiger partial charge in [0.25, 0.3) is 0 Å². The lowest BCUT2D eigenvalue weighted by Crippen LogP contribution is -2.40. The van der Waals surface area contributed by atoms with Crippen molar-refractivity contribution in [1.82, 2.24) is 4.90 Å². The van der Waals surface area contributed by atoms with E-state index in [1.165, 1.54) is 5.56 Å². The highest BCUT2D eigenvalue weighted by Gasteiger charge is 2.13. The average molecular weight is 372 g/mol. The van der Waals surface area contributed by atoms with Crippen LogP contribution in [0.4, 0.5) is 11.4 Å². The van der Waals surface area contributed by atoms with Gasteiger partial charge < -0.3 is 20.3 Å². The van der Waals surface area contributed by atoms with Crippen LogP contribution in [0.25, 0.3) is 0 Å². The maximum Gasteiger partial charge on any atom is 0.243 e. The van der Waals surface area contributed by atoms with E-state index in [1.54, 1.807) is 13.2 Å². The van der Waals surface area contributed by atoms with Crippen LogP contribution in [0.15, 0.2) is 48.5 Å². The molecule has 26 heavy (non-hydrogen) atoms. The summed E-state index contributed by atoms with van der Waals surface area (Å²) in [7, 11) is 1.59. The number of carbonyl (C=O) groups is 1. The Morgan fingerprint density at radius 2 is 1.81 bits per heavy atom. The molecule has 0 saturated carbocycles. The predicted octanol–water partition coefficient (Wildman–Crippen LogP) is 3.92. The molecule has 0 fully saturated rings. The summed E-state index contributed by atoms with van der Waals surface area (Å²) in [6.45, 7) is 4.89. The van der Waals surface area contributed by atoms with Gasteiger partial charge in [0, 0.05) is 24.0 Å². The van der Waals surface area contributed by atoms with Gasteiger partial charge >= 0.3 is 0 Å². The lowest BCUT2D eigenvalue weighted by Gasteiger charge is -2.24. The van der Waals surface area contributed by atoms with E-state index in [0.29, 0.717) is 23.1 Å². The molecule has 0 saturated heterocycles. The fourth-order valence-corrected chi connectivity index (χ4v) is 2.74. The second-order valence-corrected chi connectivity index (χ2v) is 6.16. The van der Waals surface area contributed by atoms with Crippen LogP contribution >= 0.6 is 12.2 Å². The first-order chi connectivity index (χ1) is 12.5. The molecule has 0 aliphatic rings. The zero-order valence-corrected chi connectivity index (χ0v) is 16.2. The number of methoxy groups -OCH3 is 1. The number of ether oxygens (including phenoxy) is 1. The van der Waals surface area contributed by atoms with Gasteiger partial charge in [-0.15, -0.1) is 0 Å². The van der Waals surface area contributed by atoms with Gasteiger partial charge in [0.1, 0.15) is 5.75 Å². The Morgan fingerprint density at radius 1 is 1.08 bits per heavy atom. The summed E-state index contributed by atoms with van der Waals surface area (Å²) in [6, 6.07) is 15.4. The molecule has 0 radical (unpaired) electrons. The molecule has 2 aromatic rings. The highest BCUT2D eigenvalue weighted by molar-refractivity contribution is 7.80. The highest BCUT2D eigenvalue weighted by Crippen LogP contribution is 2.16. The van der Waals surface area contributed by atoms with Crippen molar-refractivity contribution >= 4 is 34.6 Å². The third kappa shape index (κ3) is 5.74. The van der Waals surface area contributed by atoms with E-state index in [9.17, 15) is 4.79 Å². The van der Waals surface area contributed by atoms with Crippen LogP contribution in [0.3, 0.4) is 0 Å². The van der Waals surface area contributed by atoms with E-state index in [1.807, 2.05) is 42.2 Å². The molecule has 1 amide bonds. The third-order valence-corrected chi connectivity index (χ3v) is 4.33. The van der Waals surface area contributed by atoms with Crippen molar-refractivity contribution in [3.8, 4) is 5.75 Å². The van der Waals surface area contributed by atoms with Gasteiger partial charge in [-0.25, -0.2) is 0 Å². The zero-order chi connectivity index (χ0) is 18.9. The largest absolute Gasteiger partial charge is 0.497 e. The number of nitrogens with one attached hydrogen (secondary N) is 2. The van der Waals surface area contributed by atoms with E-state index in [2.05, 4.69) is 29.7 Å². The lowest BCUT2D eigenvalue weighted by molar-refractivity contribution is -0.116. The Bertz CT molecular complexity index is 747. The van der Waals surface area contributed by atoms with E-state index < -0.39 is 0 Å². The molecule has 0 unspecified atom stereocenters. The van der Waals surface area contributed by atoms with Gasteiger partial charge in [-0.05, 0) is 55.4 Å². The molecule has 0 bridgehead atoms. The first kappa shape index (κ1) is 19.7. The first-order valence-corrected chi connectivity index (χ1v) is 9.05. The Labute approximate surface area is 160 Å². The summed E-state index contributed by atoms with van der Waals surface area (Å²) in [5.41, 5.74) is 2.88. The van der Waals surface area contributed by atoms with Crippen molar-refractivity contribution in [3.63, 3.8) is 0 Å². The molecule has 138 valence electrons. The number of amides is 1. The Kier molecular flexibility index (Phi) is 7.41. The number of hydrogen-bond acceptors (Lipinski definition) is 3. The normalized spacial score (nSPS) is 10.1. The number of benzene rings is 2. The van der Waals surface area contributed by atoms with E-state index >= 15 is 0 Å². The molecule has 0 aromatic heterocycles. The number of hydrogen-bond donors (Lipinski definition) is 2. The Morgan fingerprint density at radius 3 is 2.42 bits per heavy atom. The van der Waals surface area contributed by atoms with Crippen molar-refractivity contribution in [2.24, 2.45) is 0 Å². The lowest BCUT2D eigenvalue weighted by atomic mass is 10.1. The SMILES string of the molecule is CCc1ccc(NC(=S)N(CC)CC(=O)Nc2cccc(OC)c2)cc1. The molecule has 2 N–H and O–H groups in total. The zero-order valence-electron chi connectivity index (χ0n) is 15.4. The summed E-state index contributed by atoms with van der Waals surface area (Å²) >= 11 is 5.46. The molecule has 0 aliphatic heterocycles. The number of thiocarbonyl (C=S) groups is 1. The number of carbonyl (C=O) groups excluding carboxylic acids is 1. The summed E-state index contributed by atoms with van der Waals surface area (Å²) in [4.78, 5) is 14.2. The van der Waals surface area contributed by atoms with Crippen LogP contribution in [0.5, 0.6) is 5.75 Å². The second-order valence-electron chi connectivity index (χ2n) is 5.77. The maximum absolute atomic E-state index is 12.3. The average Bonchev–Trinajstić information content (AvgIpc) is 2.66. The van der Waals surface area contributed by atoms with Crippen molar-refractivity contribution in [3.05, 3.63) is 54.1 Å².